The van der Waals surface area contributed by atoms with Crippen LogP contribution < -0.4 is 21.7 Å². The molecular weight excluding hydrogens is 458 g/mol. The van der Waals surface area contributed by atoms with E-state index < -0.39 is 60.8 Å². The molecule has 0 spiro atoms. The van der Waals surface area contributed by atoms with E-state index >= 15 is 0 Å². The van der Waals surface area contributed by atoms with E-state index in [9.17, 15) is 29.1 Å². The highest BCUT2D eigenvalue weighted by Crippen LogP contribution is 2.19. The fraction of sp³-hybridized carbons (Fsp3) is 0.435. The first-order valence-electron chi connectivity index (χ1n) is 11.2. The Morgan fingerprint density at radius 3 is 2.34 bits per heavy atom. The highest BCUT2D eigenvalue weighted by atomic mass is 16.4. The number of amides is 3. The Balaban J connectivity index is 1.97. The van der Waals surface area contributed by atoms with Crippen LogP contribution >= 0.6 is 0 Å². The van der Waals surface area contributed by atoms with Crippen molar-refractivity contribution in [2.24, 2.45) is 11.7 Å². The Bertz CT molecular complexity index is 1080. The number of aromatic amines is 1. The van der Waals surface area contributed by atoms with Crippen LogP contribution in [-0.2, 0) is 30.4 Å². The van der Waals surface area contributed by atoms with Crippen molar-refractivity contribution in [3.63, 3.8) is 0 Å². The smallest absolute Gasteiger partial charge is 0.326 e. The number of aliphatic carboxylic acids is 2. The van der Waals surface area contributed by atoms with E-state index in [0.717, 1.165) is 10.9 Å². The van der Waals surface area contributed by atoms with Gasteiger partial charge in [0.1, 0.15) is 12.1 Å². The molecule has 8 N–H and O–H groups in total. The highest BCUT2D eigenvalue weighted by Gasteiger charge is 2.28. The number of hydrogen-bond acceptors (Lipinski definition) is 6. The summed E-state index contributed by atoms with van der Waals surface area (Å²) in [6.07, 6.45) is 1.56. The molecule has 4 atom stereocenters. The molecule has 0 aliphatic heterocycles. The Morgan fingerprint density at radius 2 is 1.71 bits per heavy atom. The molecule has 35 heavy (non-hydrogen) atoms. The first-order valence-corrected chi connectivity index (χ1v) is 11.2. The minimum absolute atomic E-state index is 0.00420. The SMILES string of the molecule is CCC(C)C(N)C(=O)NC(CC(=O)O)C(=O)NCC(=O)NC(Cc1c[nH]c2ccccc12)C(=O)O. The molecule has 1 aromatic heterocycles. The second kappa shape index (κ2) is 12.5. The molecule has 0 aliphatic rings. The zero-order chi connectivity index (χ0) is 26.1. The second-order valence-electron chi connectivity index (χ2n) is 8.31. The fourth-order valence-electron chi connectivity index (χ4n) is 3.42. The predicted molar refractivity (Wildman–Crippen MR) is 126 cm³/mol. The number of carboxylic acids is 2. The quantitative estimate of drug-likeness (QED) is 0.199. The summed E-state index contributed by atoms with van der Waals surface area (Å²) >= 11 is 0. The number of aromatic nitrogens is 1. The van der Waals surface area contributed by atoms with Crippen LogP contribution in [0, 0.1) is 5.92 Å². The molecule has 3 amide bonds. The Kier molecular flexibility index (Phi) is 9.76. The monoisotopic (exact) mass is 489 g/mol. The van der Waals surface area contributed by atoms with E-state index in [1.165, 1.54) is 0 Å². The lowest BCUT2D eigenvalue weighted by Crippen LogP contribution is -2.55. The van der Waals surface area contributed by atoms with Gasteiger partial charge in [-0.1, -0.05) is 38.5 Å². The largest absolute Gasteiger partial charge is 0.481 e. The van der Waals surface area contributed by atoms with Gasteiger partial charge in [0.2, 0.25) is 17.7 Å². The van der Waals surface area contributed by atoms with Crippen LogP contribution in [0.3, 0.4) is 0 Å². The van der Waals surface area contributed by atoms with E-state index in [1.807, 2.05) is 31.2 Å². The van der Waals surface area contributed by atoms with Gasteiger partial charge in [-0.3, -0.25) is 19.2 Å². The molecule has 0 radical (unpaired) electrons. The summed E-state index contributed by atoms with van der Waals surface area (Å²) in [5, 5.41) is 26.3. The molecule has 0 fully saturated rings. The van der Waals surface area contributed by atoms with Gasteiger partial charge < -0.3 is 36.9 Å². The summed E-state index contributed by atoms with van der Waals surface area (Å²) in [5.74, 6) is -5.17. The number of nitrogens with one attached hydrogen (secondary N) is 4. The van der Waals surface area contributed by atoms with E-state index in [2.05, 4.69) is 20.9 Å². The van der Waals surface area contributed by atoms with Crippen LogP contribution in [0.25, 0.3) is 10.9 Å². The van der Waals surface area contributed by atoms with Crippen molar-refractivity contribution in [1.29, 1.82) is 0 Å². The third-order valence-electron chi connectivity index (χ3n) is 5.73. The van der Waals surface area contributed by atoms with Crippen molar-refractivity contribution >= 4 is 40.6 Å². The number of H-pyrrole nitrogens is 1. The molecule has 1 aromatic carbocycles. The zero-order valence-electron chi connectivity index (χ0n) is 19.5. The van der Waals surface area contributed by atoms with Crippen LogP contribution in [-0.4, -0.2) is 69.5 Å². The van der Waals surface area contributed by atoms with Crippen LogP contribution in [0.15, 0.2) is 30.5 Å². The van der Waals surface area contributed by atoms with Gasteiger partial charge in [-0.25, -0.2) is 4.79 Å². The summed E-state index contributed by atoms with van der Waals surface area (Å²) in [4.78, 5) is 63.0. The number of carboxylic acid groups (broad SMARTS) is 2. The molecule has 2 aromatic rings. The molecule has 12 nitrogen and oxygen atoms in total. The summed E-state index contributed by atoms with van der Waals surface area (Å²) in [7, 11) is 0. The maximum Gasteiger partial charge on any atom is 0.326 e. The first-order chi connectivity index (χ1) is 16.5. The fourth-order valence-corrected chi connectivity index (χ4v) is 3.42. The van der Waals surface area contributed by atoms with Crippen molar-refractivity contribution < 1.29 is 34.2 Å². The Morgan fingerprint density at radius 1 is 1.03 bits per heavy atom. The molecule has 0 saturated carbocycles. The topological polar surface area (TPSA) is 204 Å². The molecule has 2 rings (SSSR count). The molecule has 1 heterocycles. The number of carbonyl (C=O) groups excluding carboxylic acids is 3. The van der Waals surface area contributed by atoms with Gasteiger partial charge in [-0.2, -0.15) is 0 Å². The van der Waals surface area contributed by atoms with E-state index in [-0.39, 0.29) is 12.3 Å². The number of para-hydroxylation sites is 1. The maximum atomic E-state index is 12.5. The van der Waals surface area contributed by atoms with Crippen LogP contribution in [0.5, 0.6) is 0 Å². The maximum absolute atomic E-state index is 12.5. The summed E-state index contributed by atoms with van der Waals surface area (Å²) in [6.45, 7) is 2.97. The van der Waals surface area contributed by atoms with E-state index in [4.69, 9.17) is 10.8 Å². The lowest BCUT2D eigenvalue weighted by Gasteiger charge is -2.22. The third-order valence-corrected chi connectivity index (χ3v) is 5.73. The Labute approximate surface area is 201 Å². The average Bonchev–Trinajstić information content (AvgIpc) is 3.23. The van der Waals surface area contributed by atoms with Gasteiger partial charge in [0.25, 0.3) is 0 Å². The summed E-state index contributed by atoms with van der Waals surface area (Å²) in [5.41, 5.74) is 7.35. The van der Waals surface area contributed by atoms with Crippen molar-refractivity contribution in [1.82, 2.24) is 20.9 Å². The zero-order valence-corrected chi connectivity index (χ0v) is 19.5. The number of nitrogens with two attached hydrogens (primary N) is 1. The third kappa shape index (κ3) is 7.81. The minimum Gasteiger partial charge on any atom is -0.481 e. The van der Waals surface area contributed by atoms with Gasteiger partial charge in [-0.05, 0) is 17.5 Å². The number of fused-ring (bicyclic) bond motifs is 1. The number of carbonyl (C=O) groups is 5. The van der Waals surface area contributed by atoms with Crippen LogP contribution in [0.4, 0.5) is 0 Å². The van der Waals surface area contributed by atoms with E-state index in [0.29, 0.717) is 12.0 Å². The summed E-state index contributed by atoms with van der Waals surface area (Å²) in [6, 6.07) is 3.65. The van der Waals surface area contributed by atoms with Gasteiger partial charge >= 0.3 is 11.9 Å². The highest BCUT2D eigenvalue weighted by molar-refractivity contribution is 5.94. The minimum atomic E-state index is -1.45. The van der Waals surface area contributed by atoms with Crippen molar-refractivity contribution in [2.45, 2.75) is 51.2 Å². The summed E-state index contributed by atoms with van der Waals surface area (Å²) < 4.78 is 0. The van der Waals surface area contributed by atoms with Crippen LogP contribution in [0.1, 0.15) is 32.3 Å². The van der Waals surface area contributed by atoms with Crippen molar-refractivity contribution in [3.05, 3.63) is 36.0 Å². The van der Waals surface area contributed by atoms with Gasteiger partial charge in [0.05, 0.1) is 19.0 Å². The number of rotatable bonds is 13. The number of hydrogen-bond donors (Lipinski definition) is 7. The molecule has 0 saturated heterocycles. The lowest BCUT2D eigenvalue weighted by molar-refractivity contribution is -0.142. The molecule has 190 valence electrons. The number of benzene rings is 1. The lowest BCUT2D eigenvalue weighted by atomic mass is 9.99. The van der Waals surface area contributed by atoms with Gasteiger partial charge in [-0.15, -0.1) is 0 Å². The second-order valence-corrected chi connectivity index (χ2v) is 8.31. The molecular formula is C23H31N5O7. The standard InChI is InChI=1S/C23H31N5O7/c1-3-12(2)20(24)22(33)28-16(9-19(30)31)21(32)26-11-18(29)27-17(23(34)35)8-13-10-25-15-7-5-4-6-14(13)15/h4-7,10,12,16-17,20,25H,3,8-9,11,24H2,1-2H3,(H,26,32)(H,27,29)(H,28,33)(H,30,31)(H,34,35). The molecule has 4 unspecified atom stereocenters. The molecule has 0 bridgehead atoms. The van der Waals surface area contributed by atoms with E-state index in [1.54, 1.807) is 13.1 Å². The molecule has 0 aliphatic carbocycles. The van der Waals surface area contributed by atoms with Crippen molar-refractivity contribution in [3.8, 4) is 0 Å². The van der Waals surface area contributed by atoms with Gasteiger partial charge in [0, 0.05) is 23.5 Å². The van der Waals surface area contributed by atoms with Crippen LogP contribution in [0.2, 0.25) is 0 Å². The normalized spacial score (nSPS) is 14.4. The van der Waals surface area contributed by atoms with Crippen molar-refractivity contribution in [2.75, 3.05) is 6.54 Å². The predicted octanol–water partition coefficient (Wildman–Crippen LogP) is -0.271. The Hall–Kier alpha value is -3.93. The molecule has 12 heteroatoms. The van der Waals surface area contributed by atoms with Gasteiger partial charge in [0.15, 0.2) is 0 Å². The average molecular weight is 490 g/mol. The first kappa shape index (κ1) is 27.3.